The Morgan fingerprint density at radius 1 is 1.21 bits per heavy atom. The van der Waals surface area contributed by atoms with Crippen LogP contribution in [0.15, 0.2) is 0 Å². The first-order valence-electron chi connectivity index (χ1n) is 10.4. The summed E-state index contributed by atoms with van der Waals surface area (Å²) in [6, 6.07) is 0. The van der Waals surface area contributed by atoms with E-state index in [0.717, 1.165) is 6.54 Å². The minimum absolute atomic E-state index is 0.109. The summed E-state index contributed by atoms with van der Waals surface area (Å²) >= 11 is 0. The molecule has 5 rings (SSSR count). The van der Waals surface area contributed by atoms with E-state index in [-0.39, 0.29) is 24.5 Å². The van der Waals surface area contributed by atoms with Crippen LogP contribution in [0.25, 0.3) is 0 Å². The summed E-state index contributed by atoms with van der Waals surface area (Å²) in [5.74, 6) is -1.22. The normalized spacial score (nSPS) is 30.4. The molecule has 6 nitrogen and oxygen atoms in total. The Morgan fingerprint density at radius 3 is 2.61 bits per heavy atom. The molecule has 2 saturated carbocycles. The molecule has 2 atom stereocenters. The van der Waals surface area contributed by atoms with Crippen LogP contribution in [-0.2, 0) is 17.1 Å². The van der Waals surface area contributed by atoms with Crippen LogP contribution in [0.1, 0.15) is 49.8 Å². The van der Waals surface area contributed by atoms with E-state index in [2.05, 4.69) is 20.2 Å². The molecule has 2 heterocycles. The number of fused-ring (bicyclic) bond motifs is 2. The van der Waals surface area contributed by atoms with Crippen molar-refractivity contribution in [3.63, 3.8) is 0 Å². The zero-order valence-electron chi connectivity index (χ0n) is 15.8. The SMILES string of the molecule is O=C(O)CC1C2CN(c3nc(NCC4CCC4)nc4c3CCCC4(F)F)CC12. The highest BCUT2D eigenvalue weighted by molar-refractivity contribution is 5.68. The van der Waals surface area contributed by atoms with Gasteiger partial charge in [0.25, 0.3) is 5.92 Å². The average Bonchev–Trinajstić information content (AvgIpc) is 3.02. The summed E-state index contributed by atoms with van der Waals surface area (Å²) in [5, 5.41) is 12.2. The van der Waals surface area contributed by atoms with Crippen LogP contribution in [0.4, 0.5) is 20.5 Å². The molecule has 0 aromatic carbocycles. The van der Waals surface area contributed by atoms with Crippen molar-refractivity contribution < 1.29 is 18.7 Å². The molecule has 1 aromatic rings. The topological polar surface area (TPSA) is 78.3 Å². The van der Waals surface area contributed by atoms with Gasteiger partial charge in [0, 0.05) is 38.0 Å². The lowest BCUT2D eigenvalue weighted by atomic mass is 9.85. The molecular weight excluding hydrogens is 366 g/mol. The fourth-order valence-electron chi connectivity index (χ4n) is 5.21. The van der Waals surface area contributed by atoms with Gasteiger partial charge in [-0.05, 0) is 49.4 Å². The van der Waals surface area contributed by atoms with Crippen LogP contribution in [0.5, 0.6) is 0 Å². The number of hydrogen-bond acceptors (Lipinski definition) is 5. The van der Waals surface area contributed by atoms with Crippen molar-refractivity contribution in [1.29, 1.82) is 0 Å². The molecule has 2 unspecified atom stereocenters. The van der Waals surface area contributed by atoms with Gasteiger partial charge in [-0.2, -0.15) is 13.8 Å². The number of rotatable bonds is 6. The van der Waals surface area contributed by atoms with Gasteiger partial charge in [-0.1, -0.05) is 6.42 Å². The van der Waals surface area contributed by atoms with Crippen LogP contribution in [-0.4, -0.2) is 40.7 Å². The molecule has 0 bridgehead atoms. The van der Waals surface area contributed by atoms with Gasteiger partial charge < -0.3 is 15.3 Å². The minimum atomic E-state index is -2.91. The maximum absolute atomic E-state index is 14.6. The predicted octanol–water partition coefficient (Wildman–Crippen LogP) is 3.27. The summed E-state index contributed by atoms with van der Waals surface area (Å²) < 4.78 is 29.2. The Hall–Kier alpha value is -1.99. The second-order valence-electron chi connectivity index (χ2n) is 8.93. The quantitative estimate of drug-likeness (QED) is 0.774. The molecule has 0 spiro atoms. The van der Waals surface area contributed by atoms with Crippen LogP contribution < -0.4 is 10.2 Å². The Bertz CT molecular complexity index is 787. The number of nitrogens with zero attached hydrogens (tertiary/aromatic N) is 3. The lowest BCUT2D eigenvalue weighted by molar-refractivity contribution is -0.137. The number of piperidine rings is 1. The molecule has 1 aliphatic heterocycles. The van der Waals surface area contributed by atoms with E-state index in [0.29, 0.717) is 61.0 Å². The van der Waals surface area contributed by atoms with E-state index >= 15 is 0 Å². The van der Waals surface area contributed by atoms with Crippen molar-refractivity contribution in [1.82, 2.24) is 9.97 Å². The Kier molecular flexibility index (Phi) is 4.21. The first kappa shape index (κ1) is 18.1. The van der Waals surface area contributed by atoms with E-state index in [1.165, 1.54) is 19.3 Å². The van der Waals surface area contributed by atoms with Crippen LogP contribution >= 0.6 is 0 Å². The second-order valence-corrected chi connectivity index (χ2v) is 8.93. The molecule has 3 fully saturated rings. The van der Waals surface area contributed by atoms with Crippen LogP contribution in [0.2, 0.25) is 0 Å². The molecule has 2 N–H and O–H groups in total. The summed E-state index contributed by atoms with van der Waals surface area (Å²) in [4.78, 5) is 22.0. The fourth-order valence-corrected chi connectivity index (χ4v) is 5.21. The number of carbonyl (C=O) groups is 1. The summed E-state index contributed by atoms with van der Waals surface area (Å²) in [5.41, 5.74) is 0.476. The van der Waals surface area contributed by atoms with E-state index in [9.17, 15) is 13.6 Å². The lowest BCUT2D eigenvalue weighted by Gasteiger charge is -2.31. The van der Waals surface area contributed by atoms with Crippen molar-refractivity contribution in [3.8, 4) is 0 Å². The van der Waals surface area contributed by atoms with Gasteiger partial charge in [-0.15, -0.1) is 0 Å². The average molecular weight is 392 g/mol. The zero-order valence-corrected chi connectivity index (χ0v) is 15.8. The monoisotopic (exact) mass is 392 g/mol. The van der Waals surface area contributed by atoms with Gasteiger partial charge in [-0.3, -0.25) is 4.79 Å². The van der Waals surface area contributed by atoms with E-state index in [4.69, 9.17) is 5.11 Å². The van der Waals surface area contributed by atoms with Gasteiger partial charge in [0.15, 0.2) is 0 Å². The number of nitrogens with one attached hydrogen (secondary N) is 1. The third-order valence-corrected chi connectivity index (χ3v) is 7.10. The molecule has 1 aromatic heterocycles. The van der Waals surface area contributed by atoms with Gasteiger partial charge in [0.05, 0.1) is 0 Å². The smallest absolute Gasteiger partial charge is 0.303 e. The highest BCUT2D eigenvalue weighted by atomic mass is 19.3. The highest BCUT2D eigenvalue weighted by Crippen LogP contribution is 2.55. The van der Waals surface area contributed by atoms with Crippen molar-refractivity contribution in [2.24, 2.45) is 23.7 Å². The van der Waals surface area contributed by atoms with Crippen molar-refractivity contribution in [2.45, 2.75) is 50.9 Å². The Balaban J connectivity index is 1.39. The number of carboxylic acids is 1. The largest absolute Gasteiger partial charge is 0.481 e. The third kappa shape index (κ3) is 3.10. The third-order valence-electron chi connectivity index (χ3n) is 7.10. The first-order chi connectivity index (χ1) is 13.4. The van der Waals surface area contributed by atoms with Gasteiger partial charge in [-0.25, -0.2) is 4.98 Å². The van der Waals surface area contributed by atoms with Gasteiger partial charge in [0.1, 0.15) is 11.5 Å². The number of aliphatic carboxylic acids is 1. The van der Waals surface area contributed by atoms with E-state index in [1.807, 2.05) is 0 Å². The van der Waals surface area contributed by atoms with Gasteiger partial charge >= 0.3 is 5.97 Å². The fraction of sp³-hybridized carbons (Fsp3) is 0.750. The molecule has 4 aliphatic rings. The molecule has 8 heteroatoms. The van der Waals surface area contributed by atoms with E-state index in [1.54, 1.807) is 0 Å². The molecule has 152 valence electrons. The van der Waals surface area contributed by atoms with Crippen molar-refractivity contribution in [3.05, 3.63) is 11.3 Å². The molecule has 0 radical (unpaired) electrons. The number of alkyl halides is 2. The molecule has 1 saturated heterocycles. The van der Waals surface area contributed by atoms with Crippen LogP contribution in [0.3, 0.4) is 0 Å². The molecule has 28 heavy (non-hydrogen) atoms. The minimum Gasteiger partial charge on any atom is -0.481 e. The highest BCUT2D eigenvalue weighted by Gasteiger charge is 2.57. The number of halogens is 2. The first-order valence-corrected chi connectivity index (χ1v) is 10.4. The number of carboxylic acid groups (broad SMARTS) is 1. The second kappa shape index (κ2) is 6.52. The Labute approximate surface area is 162 Å². The van der Waals surface area contributed by atoms with Crippen LogP contribution in [0, 0.1) is 23.7 Å². The van der Waals surface area contributed by atoms with Gasteiger partial charge in [0.2, 0.25) is 5.95 Å². The maximum Gasteiger partial charge on any atom is 0.303 e. The predicted molar refractivity (Wildman–Crippen MR) is 99.6 cm³/mol. The zero-order chi connectivity index (χ0) is 19.5. The number of aromatic nitrogens is 2. The van der Waals surface area contributed by atoms with Crippen molar-refractivity contribution >= 4 is 17.7 Å². The lowest BCUT2D eigenvalue weighted by Crippen LogP contribution is -2.32. The standard InChI is InChI=1S/C20H26F2N4O2/c21-20(22)6-2-5-12-17(20)24-19(23-8-11-3-1-4-11)25-18(12)26-9-14-13(7-16(27)28)15(14)10-26/h11,13-15H,1-10H2,(H,27,28)(H,23,24,25). The van der Waals surface area contributed by atoms with Crippen molar-refractivity contribution in [2.75, 3.05) is 29.9 Å². The Morgan fingerprint density at radius 2 is 1.96 bits per heavy atom. The van der Waals surface area contributed by atoms with E-state index < -0.39 is 11.9 Å². The maximum atomic E-state index is 14.6. The summed E-state index contributed by atoms with van der Waals surface area (Å²) in [6.45, 7) is 2.15. The molecular formula is C20H26F2N4O2. The number of hydrogen-bond donors (Lipinski definition) is 2. The summed E-state index contributed by atoms with van der Waals surface area (Å²) in [6.07, 6.45) is 4.63. The summed E-state index contributed by atoms with van der Waals surface area (Å²) in [7, 11) is 0. The molecule has 0 amide bonds. The molecule has 3 aliphatic carbocycles. The number of anilines is 2.